The van der Waals surface area contributed by atoms with E-state index in [4.69, 9.17) is 15.7 Å². The number of aliphatic hydroxyl groups excluding tert-OH is 1. The van der Waals surface area contributed by atoms with Gasteiger partial charge in [0.25, 0.3) is 5.91 Å². The van der Waals surface area contributed by atoms with Crippen molar-refractivity contribution in [1.29, 1.82) is 0 Å². The Morgan fingerprint density at radius 3 is 2.34 bits per heavy atom. The van der Waals surface area contributed by atoms with Gasteiger partial charge in [0.15, 0.2) is 11.6 Å². The number of carboxylic acid groups (broad SMARTS) is 1. The van der Waals surface area contributed by atoms with Crippen LogP contribution < -0.4 is 21.7 Å². The van der Waals surface area contributed by atoms with Crippen LogP contribution in [0.1, 0.15) is 46.0 Å². The number of carbonyl (C=O) groups excluding carboxylic acids is 3. The minimum atomic E-state index is -1.58. The van der Waals surface area contributed by atoms with Crippen LogP contribution in [0.25, 0.3) is 0 Å². The number of anilines is 1. The molecule has 4 atom stereocenters. The predicted molar refractivity (Wildman–Crippen MR) is 145 cm³/mol. The van der Waals surface area contributed by atoms with Gasteiger partial charge in [0.2, 0.25) is 12.1 Å². The van der Waals surface area contributed by atoms with Crippen LogP contribution in [0.5, 0.6) is 0 Å². The number of nitrogens with zero attached hydrogens (tertiary/aromatic N) is 2. The normalized spacial score (nSPS) is 19.6. The number of likely N-dealkylation sites (tertiary alicyclic amines) is 1. The molecule has 0 aromatic heterocycles. The van der Waals surface area contributed by atoms with Crippen LogP contribution in [-0.4, -0.2) is 93.5 Å². The van der Waals surface area contributed by atoms with Crippen molar-refractivity contribution in [2.24, 2.45) is 10.9 Å². The fourth-order valence-electron chi connectivity index (χ4n) is 4.74. The number of fused-ring (bicyclic) bond motifs is 1. The van der Waals surface area contributed by atoms with E-state index in [0.29, 0.717) is 35.2 Å². The average Bonchev–Trinajstić information content (AvgIpc) is 3.32. The number of carbonyl (C=O) groups is 4. The predicted octanol–water partition coefficient (Wildman–Crippen LogP) is -0.0973. The highest BCUT2D eigenvalue weighted by Crippen LogP contribution is 2.26. The minimum absolute atomic E-state index is 0.0959. The molecule has 1 saturated heterocycles. The first-order valence-electron chi connectivity index (χ1n) is 13.0. The van der Waals surface area contributed by atoms with Gasteiger partial charge in [-0.1, -0.05) is 29.4 Å². The number of benzene rings is 2. The van der Waals surface area contributed by atoms with Crippen molar-refractivity contribution in [2.75, 3.05) is 18.4 Å². The Balaban J connectivity index is 1.25. The first kappa shape index (κ1) is 29.5. The summed E-state index contributed by atoms with van der Waals surface area (Å²) in [6, 6.07) is 10.9. The number of ketones is 1. The average molecular weight is 569 g/mol. The van der Waals surface area contributed by atoms with E-state index in [0.717, 1.165) is 0 Å². The molecule has 1 fully saturated rings. The summed E-state index contributed by atoms with van der Waals surface area (Å²) in [7, 11) is 0. The number of piperidine rings is 1. The van der Waals surface area contributed by atoms with Crippen LogP contribution >= 0.6 is 0 Å². The second-order valence-electron chi connectivity index (χ2n) is 9.78. The van der Waals surface area contributed by atoms with Gasteiger partial charge in [-0.2, -0.15) is 0 Å². The second-order valence-corrected chi connectivity index (χ2v) is 9.78. The van der Waals surface area contributed by atoms with E-state index >= 15 is 0 Å². The van der Waals surface area contributed by atoms with E-state index < -0.39 is 42.5 Å². The van der Waals surface area contributed by atoms with Gasteiger partial charge in [0.1, 0.15) is 18.3 Å². The minimum Gasteiger partial charge on any atom is -0.478 e. The summed E-state index contributed by atoms with van der Waals surface area (Å²) in [5.41, 5.74) is 7.20. The highest BCUT2D eigenvalue weighted by Gasteiger charge is 2.38. The number of amides is 2. The van der Waals surface area contributed by atoms with Crippen molar-refractivity contribution in [3.63, 3.8) is 0 Å². The lowest BCUT2D eigenvalue weighted by Crippen LogP contribution is -2.55. The van der Waals surface area contributed by atoms with Crippen molar-refractivity contribution in [3.05, 3.63) is 65.2 Å². The summed E-state index contributed by atoms with van der Waals surface area (Å²) in [5, 5.41) is 39.9. The number of oxime groups is 1. The molecule has 2 amide bonds. The summed E-state index contributed by atoms with van der Waals surface area (Å²) >= 11 is 0. The zero-order valence-electron chi connectivity index (χ0n) is 22.2. The Morgan fingerprint density at radius 2 is 1.73 bits per heavy atom. The van der Waals surface area contributed by atoms with Crippen molar-refractivity contribution in [1.82, 2.24) is 15.5 Å². The number of ether oxygens (including phenoxy) is 1. The number of carboxylic acids is 1. The first-order chi connectivity index (χ1) is 19.6. The summed E-state index contributed by atoms with van der Waals surface area (Å²) in [6.07, 6.45) is -2.98. The van der Waals surface area contributed by atoms with Gasteiger partial charge in [-0.05, 0) is 44.0 Å². The van der Waals surface area contributed by atoms with Gasteiger partial charge in [0, 0.05) is 35.5 Å². The van der Waals surface area contributed by atoms with Gasteiger partial charge in [-0.15, -0.1) is 0 Å². The third-order valence-electron chi connectivity index (χ3n) is 7.00. The lowest BCUT2D eigenvalue weighted by Gasteiger charge is -2.35. The topological polar surface area (TPSA) is 216 Å². The van der Waals surface area contributed by atoms with E-state index in [-0.39, 0.29) is 30.6 Å². The summed E-state index contributed by atoms with van der Waals surface area (Å²) in [6.45, 7) is 2.10. The highest BCUT2D eigenvalue weighted by atomic mass is 16.5. The van der Waals surface area contributed by atoms with Gasteiger partial charge < -0.3 is 41.4 Å². The first-order valence-corrected chi connectivity index (χ1v) is 13.0. The molecule has 0 bridgehead atoms. The number of aliphatic hydroxyl groups is 1. The molecule has 2 aromatic carbocycles. The summed E-state index contributed by atoms with van der Waals surface area (Å²) in [5.74, 6) is -2.60. The zero-order valence-corrected chi connectivity index (χ0v) is 22.2. The van der Waals surface area contributed by atoms with Crippen LogP contribution in [0.3, 0.4) is 0 Å². The third kappa shape index (κ3) is 6.80. The molecule has 0 saturated carbocycles. The number of nitrogens with one attached hydrogen (secondary N) is 3. The van der Waals surface area contributed by atoms with Crippen molar-refractivity contribution in [2.45, 2.75) is 50.4 Å². The maximum atomic E-state index is 12.9. The SMILES string of the molecule is CC(NC(=O)c1ccc(/C(N)=N/O)cc1)C(=O)N1CCC(OC(NC(O)C2Nc3ccccc3C2=O)C(=O)O)CC1. The van der Waals surface area contributed by atoms with E-state index in [1.165, 1.54) is 24.3 Å². The number of hydrogen-bond donors (Lipinski definition) is 7. The molecule has 41 heavy (non-hydrogen) atoms. The number of rotatable bonds is 10. The molecule has 0 radical (unpaired) electrons. The quantitative estimate of drug-likeness (QED) is 0.0660. The van der Waals surface area contributed by atoms with Crippen LogP contribution in [0.2, 0.25) is 0 Å². The molecule has 4 rings (SSSR count). The Labute approximate surface area is 235 Å². The molecule has 218 valence electrons. The molecule has 14 nitrogen and oxygen atoms in total. The van der Waals surface area contributed by atoms with Crippen LogP contribution in [0.4, 0.5) is 5.69 Å². The van der Waals surface area contributed by atoms with Gasteiger partial charge in [0.05, 0.1) is 6.10 Å². The second kappa shape index (κ2) is 12.8. The molecule has 0 spiro atoms. The zero-order chi connectivity index (χ0) is 29.7. The fourth-order valence-corrected chi connectivity index (χ4v) is 4.74. The summed E-state index contributed by atoms with van der Waals surface area (Å²) in [4.78, 5) is 51.5. The Morgan fingerprint density at radius 1 is 1.10 bits per heavy atom. The van der Waals surface area contributed by atoms with Crippen LogP contribution in [0.15, 0.2) is 53.7 Å². The Hall–Kier alpha value is -4.53. The van der Waals surface area contributed by atoms with Gasteiger partial charge in [-0.3, -0.25) is 19.7 Å². The molecular weight excluding hydrogens is 536 g/mol. The number of Topliss-reactive ketones (excluding diaryl/α,β-unsaturated/α-hetero) is 1. The number of aliphatic carboxylic acids is 1. The maximum Gasteiger partial charge on any atom is 0.348 e. The summed E-state index contributed by atoms with van der Waals surface area (Å²) < 4.78 is 5.69. The number of para-hydroxylation sites is 1. The van der Waals surface area contributed by atoms with Crippen molar-refractivity contribution >= 4 is 35.1 Å². The Bertz CT molecular complexity index is 1330. The number of hydrogen-bond acceptors (Lipinski definition) is 10. The van der Waals surface area contributed by atoms with E-state index in [9.17, 15) is 29.4 Å². The fraction of sp³-hybridized carbons (Fsp3) is 0.370. The molecule has 4 unspecified atom stereocenters. The molecule has 8 N–H and O–H groups in total. The molecule has 2 heterocycles. The van der Waals surface area contributed by atoms with E-state index in [1.54, 1.807) is 36.1 Å². The van der Waals surface area contributed by atoms with E-state index in [2.05, 4.69) is 21.1 Å². The molecule has 2 aliphatic heterocycles. The third-order valence-corrected chi connectivity index (χ3v) is 7.00. The monoisotopic (exact) mass is 568 g/mol. The highest BCUT2D eigenvalue weighted by molar-refractivity contribution is 6.10. The maximum absolute atomic E-state index is 12.9. The molecule has 14 heteroatoms. The molecule has 0 aliphatic carbocycles. The smallest absolute Gasteiger partial charge is 0.348 e. The van der Waals surface area contributed by atoms with Gasteiger partial charge >= 0.3 is 5.97 Å². The number of nitrogens with two attached hydrogens (primary N) is 1. The Kier molecular flexibility index (Phi) is 9.17. The van der Waals surface area contributed by atoms with Gasteiger partial charge in [-0.25, -0.2) is 4.79 Å². The molecule has 2 aliphatic rings. The largest absolute Gasteiger partial charge is 0.478 e. The van der Waals surface area contributed by atoms with Crippen molar-refractivity contribution in [3.8, 4) is 0 Å². The van der Waals surface area contributed by atoms with Crippen LogP contribution in [0, 0.1) is 0 Å². The van der Waals surface area contributed by atoms with Crippen molar-refractivity contribution < 1.29 is 39.3 Å². The lowest BCUT2D eigenvalue weighted by molar-refractivity contribution is -0.164. The molecule has 2 aromatic rings. The lowest BCUT2D eigenvalue weighted by atomic mass is 10.1. The van der Waals surface area contributed by atoms with E-state index in [1.807, 2.05) is 0 Å². The standard InChI is InChI=1S/C27H32N6O8/c1-14(29-23(35)16-8-6-15(7-9-16)22(28)32-40)26(37)33-12-10-17(11-13-33)41-25(27(38)39)31-24(36)20-21(34)18-4-2-3-5-19(18)30-20/h2-9,14,17,20,24-25,30-31,36,40H,10-13H2,1H3,(H2,28,32)(H,29,35)(H,38,39). The van der Waals surface area contributed by atoms with Crippen LogP contribution in [-0.2, 0) is 14.3 Å². The number of amidine groups is 1. The molecular formula is C27H32N6O8.